The van der Waals surface area contributed by atoms with E-state index in [1.54, 1.807) is 8.46 Å². The number of unbranched alkanes of at least 4 members (excludes halogenated alkanes) is 10. The van der Waals surface area contributed by atoms with Crippen molar-refractivity contribution in [3.05, 3.63) is 45.0 Å². The van der Waals surface area contributed by atoms with Gasteiger partial charge in [0.1, 0.15) is 0 Å². The van der Waals surface area contributed by atoms with Crippen molar-refractivity contribution in [2.45, 2.75) is 119 Å². The number of thiophene rings is 2. The summed E-state index contributed by atoms with van der Waals surface area (Å²) in [4.78, 5) is 10.6. The second-order valence-corrected chi connectivity index (χ2v) is 27.8. The van der Waals surface area contributed by atoms with Crippen molar-refractivity contribution in [2.24, 2.45) is 0 Å². The van der Waals surface area contributed by atoms with Gasteiger partial charge in [0.15, 0.2) is 0 Å². The van der Waals surface area contributed by atoms with Gasteiger partial charge in [-0.15, -0.1) is 0 Å². The van der Waals surface area contributed by atoms with Crippen LogP contribution in [-0.2, 0) is 12.8 Å². The second kappa shape index (κ2) is 15.0. The number of hydrogen-bond acceptors (Lipinski definition) is 2. The van der Waals surface area contributed by atoms with Crippen molar-refractivity contribution in [1.82, 2.24) is 0 Å². The van der Waals surface area contributed by atoms with E-state index in [2.05, 4.69) is 64.1 Å². The summed E-state index contributed by atoms with van der Waals surface area (Å²) >= 11 is 1.86. The fraction of sp³-hybridized carbons (Fsp3) is 0.655. The molecule has 0 bridgehead atoms. The molecule has 0 N–H and O–H groups in total. The Balaban J connectivity index is 2.02. The van der Waals surface area contributed by atoms with E-state index in [0.29, 0.717) is 0 Å². The van der Waals surface area contributed by atoms with Gasteiger partial charge < -0.3 is 0 Å². The van der Waals surface area contributed by atoms with Crippen LogP contribution in [-0.4, -0.2) is 18.4 Å². The van der Waals surface area contributed by atoms with Crippen LogP contribution in [0.25, 0.3) is 5.57 Å². The van der Waals surface area contributed by atoms with Crippen LogP contribution in [0.4, 0.5) is 0 Å². The summed E-state index contributed by atoms with van der Waals surface area (Å²) in [5.41, 5.74) is 4.48. The summed E-state index contributed by atoms with van der Waals surface area (Å²) in [6.07, 6.45) is 19.0. The van der Waals surface area contributed by atoms with Gasteiger partial charge in [-0.25, -0.2) is 0 Å². The first-order chi connectivity index (χ1) is 15.4. The van der Waals surface area contributed by atoms with E-state index < -0.39 is 18.4 Å². The molecule has 2 heterocycles. The fourth-order valence-electron chi connectivity index (χ4n) is 4.50. The Labute approximate surface area is 211 Å². The molecule has 0 spiro atoms. The van der Waals surface area contributed by atoms with Gasteiger partial charge in [0, 0.05) is 0 Å². The Kier molecular flexibility index (Phi) is 13.2. The fourth-order valence-corrected chi connectivity index (χ4v) is 13.6. The maximum atomic E-state index is 4.61. The van der Waals surface area contributed by atoms with Crippen LogP contribution in [0, 0.1) is 0 Å². The minimum Gasteiger partial charge on any atom is -0.0654 e. The van der Waals surface area contributed by atoms with Crippen molar-refractivity contribution in [1.29, 1.82) is 0 Å². The van der Waals surface area contributed by atoms with Crippen LogP contribution in [0.2, 0.25) is 14.8 Å². The molecule has 3 heteroatoms. The quantitative estimate of drug-likeness (QED) is 0.129. The van der Waals surface area contributed by atoms with E-state index in [0.717, 1.165) is 0 Å². The first kappa shape index (κ1) is 28.2. The van der Waals surface area contributed by atoms with Crippen LogP contribution >= 0.6 is 22.7 Å². The van der Waals surface area contributed by atoms with Gasteiger partial charge in [0.2, 0.25) is 0 Å². The Morgan fingerprint density at radius 3 is 1.88 bits per heavy atom. The normalized spacial score (nSPS) is 11.9. The van der Waals surface area contributed by atoms with Gasteiger partial charge in [-0.2, -0.15) is 0 Å². The van der Waals surface area contributed by atoms with Crippen LogP contribution in [0.1, 0.15) is 112 Å². The molecule has 0 atom stereocenters. The topological polar surface area (TPSA) is 0 Å². The first-order valence-electron chi connectivity index (χ1n) is 13.3. The monoisotopic (exact) mass is 580 g/mol. The van der Waals surface area contributed by atoms with Crippen molar-refractivity contribution in [2.75, 3.05) is 0 Å². The van der Waals surface area contributed by atoms with E-state index in [1.165, 1.54) is 111 Å². The standard InChI is InChI=1S/C26H39S2.3CH3.Sn/c1-4-6-8-10-12-14-16-23-20-25(28-21-23)22(3)26-24(18-19-27-26)17-15-13-11-9-7-5-2;;;;/h18-20H,3-17H2,1-2H3;3*1H3;. The van der Waals surface area contributed by atoms with E-state index in [4.69, 9.17) is 0 Å². The van der Waals surface area contributed by atoms with Crippen molar-refractivity contribution >= 4 is 49.5 Å². The smallest absolute Gasteiger partial charge is 0.0654 e. The van der Waals surface area contributed by atoms with Crippen LogP contribution < -0.4 is 2.89 Å². The van der Waals surface area contributed by atoms with Gasteiger partial charge in [0.05, 0.1) is 0 Å². The molecule has 0 amide bonds. The molecule has 0 fully saturated rings. The SMILES string of the molecule is C=C(c1cc(CCCCCCCC)[c]([Sn]([CH3])([CH3])[CH3])s1)c1sccc1CCCCCCCC. The third-order valence-electron chi connectivity index (χ3n) is 6.41. The molecular formula is C29H48S2Sn. The predicted octanol–water partition coefficient (Wildman–Crippen LogP) is 10.2. The average Bonchev–Trinajstić information content (AvgIpc) is 3.40. The Bertz CT molecular complexity index is 790. The van der Waals surface area contributed by atoms with Crippen molar-refractivity contribution in [3.63, 3.8) is 0 Å². The Hall–Kier alpha value is -0.0613. The molecule has 0 aliphatic carbocycles. The van der Waals surface area contributed by atoms with E-state index in [-0.39, 0.29) is 0 Å². The van der Waals surface area contributed by atoms with Gasteiger partial charge in [-0.3, -0.25) is 0 Å². The molecule has 0 unspecified atom stereocenters. The zero-order chi connectivity index (χ0) is 23.4. The zero-order valence-corrected chi connectivity index (χ0v) is 26.1. The first-order valence-corrected chi connectivity index (χ1v) is 25.0. The Morgan fingerprint density at radius 1 is 0.781 bits per heavy atom. The van der Waals surface area contributed by atoms with Crippen LogP contribution in [0.15, 0.2) is 24.1 Å². The number of aryl methyl sites for hydroxylation is 2. The number of rotatable bonds is 17. The zero-order valence-electron chi connectivity index (χ0n) is 21.7. The molecule has 0 saturated carbocycles. The minimum atomic E-state index is -2.13. The molecule has 0 aliphatic heterocycles. The summed E-state index contributed by atoms with van der Waals surface area (Å²) in [6, 6.07) is 4.89. The minimum absolute atomic E-state index is 1.21. The summed E-state index contributed by atoms with van der Waals surface area (Å²) in [7, 11) is 0. The molecule has 2 rings (SSSR count). The summed E-state index contributed by atoms with van der Waals surface area (Å²) < 4.78 is 1.78. The van der Waals surface area contributed by atoms with Crippen LogP contribution in [0.5, 0.6) is 0 Å². The Morgan fingerprint density at radius 2 is 1.31 bits per heavy atom. The van der Waals surface area contributed by atoms with E-state index in [9.17, 15) is 0 Å². The van der Waals surface area contributed by atoms with Gasteiger partial charge >= 0.3 is 200 Å². The molecule has 180 valence electrons. The molecular weight excluding hydrogens is 531 g/mol. The van der Waals surface area contributed by atoms with Gasteiger partial charge in [0.25, 0.3) is 0 Å². The van der Waals surface area contributed by atoms with Gasteiger partial charge in [-0.1, -0.05) is 13.3 Å². The molecule has 0 aliphatic rings. The van der Waals surface area contributed by atoms with Crippen molar-refractivity contribution < 1.29 is 0 Å². The summed E-state index contributed by atoms with van der Waals surface area (Å²) in [5, 5.41) is 2.28. The summed E-state index contributed by atoms with van der Waals surface area (Å²) in [6.45, 7) is 9.20. The third-order valence-corrected chi connectivity index (χ3v) is 18.3. The molecule has 0 aromatic carbocycles. The molecule has 32 heavy (non-hydrogen) atoms. The van der Waals surface area contributed by atoms with E-state index in [1.807, 2.05) is 11.3 Å². The van der Waals surface area contributed by atoms with Crippen LogP contribution in [0.3, 0.4) is 0 Å². The molecule has 0 radical (unpaired) electrons. The third kappa shape index (κ3) is 9.29. The second-order valence-electron chi connectivity index (χ2n) is 10.5. The maximum absolute atomic E-state index is 4.61. The molecule has 2 aromatic rings. The molecule has 0 nitrogen and oxygen atoms in total. The molecule has 0 saturated heterocycles. The summed E-state index contributed by atoms with van der Waals surface area (Å²) in [5.74, 6) is 0. The van der Waals surface area contributed by atoms with Crippen molar-refractivity contribution in [3.8, 4) is 0 Å². The average molecular weight is 580 g/mol. The molecule has 2 aromatic heterocycles. The van der Waals surface area contributed by atoms with Gasteiger partial charge in [-0.05, 0) is 0 Å². The predicted molar refractivity (Wildman–Crippen MR) is 154 cm³/mol. The number of hydrogen-bond donors (Lipinski definition) is 0. The van der Waals surface area contributed by atoms with E-state index >= 15 is 0 Å².